The summed E-state index contributed by atoms with van der Waals surface area (Å²) in [6.07, 6.45) is 1.97. The summed E-state index contributed by atoms with van der Waals surface area (Å²) in [7, 11) is 1.96. The summed E-state index contributed by atoms with van der Waals surface area (Å²) in [5.41, 5.74) is 2.66. The monoisotopic (exact) mass is 253 g/mol. The van der Waals surface area contributed by atoms with E-state index in [2.05, 4.69) is 10.2 Å². The van der Waals surface area contributed by atoms with Gasteiger partial charge in [-0.25, -0.2) is 4.79 Å². The zero-order valence-corrected chi connectivity index (χ0v) is 10.2. The number of benzene rings is 1. The Kier molecular flexibility index (Phi) is 2.52. The van der Waals surface area contributed by atoms with Gasteiger partial charge in [-0.15, -0.1) is 10.2 Å². The zero-order valence-electron chi connectivity index (χ0n) is 10.2. The number of aromatic carboxylic acids is 1. The number of carboxylic acids is 1. The molecule has 0 saturated heterocycles. The maximum absolute atomic E-state index is 10.8. The lowest BCUT2D eigenvalue weighted by molar-refractivity contribution is 0.0689. The average molecular weight is 253 g/mol. The Balaban J connectivity index is 2.16. The van der Waals surface area contributed by atoms with E-state index in [1.165, 1.54) is 6.07 Å². The van der Waals surface area contributed by atoms with Crippen molar-refractivity contribution in [2.24, 2.45) is 7.05 Å². The third-order valence-electron chi connectivity index (χ3n) is 3.06. The number of hydrogen-bond donors (Lipinski definition) is 1. The van der Waals surface area contributed by atoms with Crippen molar-refractivity contribution in [2.45, 2.75) is 0 Å². The number of fused-ring (bicyclic) bond motifs is 1. The number of para-hydroxylation sites is 1. The van der Waals surface area contributed by atoms with Gasteiger partial charge in [0.1, 0.15) is 0 Å². The molecule has 0 bridgehead atoms. The van der Waals surface area contributed by atoms with Crippen molar-refractivity contribution in [3.63, 3.8) is 0 Å². The van der Waals surface area contributed by atoms with Crippen LogP contribution in [0.4, 0.5) is 0 Å². The van der Waals surface area contributed by atoms with Gasteiger partial charge in [0.15, 0.2) is 5.69 Å². The largest absolute Gasteiger partial charge is 0.476 e. The number of aromatic nitrogens is 3. The van der Waals surface area contributed by atoms with Crippen LogP contribution in [0.1, 0.15) is 10.5 Å². The number of carboxylic acid groups (broad SMARTS) is 1. The number of carbonyl (C=O) groups is 1. The first kappa shape index (κ1) is 11.4. The lowest BCUT2D eigenvalue weighted by Gasteiger charge is -1.98. The van der Waals surface area contributed by atoms with Crippen molar-refractivity contribution in [3.8, 4) is 11.3 Å². The highest BCUT2D eigenvalue weighted by atomic mass is 16.4. The van der Waals surface area contributed by atoms with Crippen molar-refractivity contribution >= 4 is 16.9 Å². The molecule has 0 fully saturated rings. The van der Waals surface area contributed by atoms with E-state index in [-0.39, 0.29) is 5.69 Å². The molecule has 0 amide bonds. The molecule has 3 rings (SSSR count). The fourth-order valence-corrected chi connectivity index (χ4v) is 2.14. The zero-order chi connectivity index (χ0) is 13.4. The van der Waals surface area contributed by atoms with Crippen molar-refractivity contribution in [3.05, 3.63) is 48.3 Å². The second kappa shape index (κ2) is 4.20. The summed E-state index contributed by atoms with van der Waals surface area (Å²) >= 11 is 0. The minimum absolute atomic E-state index is 0.0519. The van der Waals surface area contributed by atoms with E-state index in [9.17, 15) is 4.79 Å². The Labute approximate surface area is 109 Å². The molecule has 5 heteroatoms. The third-order valence-corrected chi connectivity index (χ3v) is 3.06. The minimum Gasteiger partial charge on any atom is -0.476 e. The molecule has 0 saturated carbocycles. The van der Waals surface area contributed by atoms with Crippen LogP contribution in [0.3, 0.4) is 0 Å². The number of rotatable bonds is 2. The molecule has 19 heavy (non-hydrogen) atoms. The lowest BCUT2D eigenvalue weighted by atomic mass is 10.1. The van der Waals surface area contributed by atoms with E-state index < -0.39 is 5.97 Å². The van der Waals surface area contributed by atoms with Gasteiger partial charge in [0.2, 0.25) is 0 Å². The van der Waals surface area contributed by atoms with E-state index in [0.29, 0.717) is 5.69 Å². The van der Waals surface area contributed by atoms with Gasteiger partial charge in [-0.05, 0) is 18.2 Å². The molecule has 0 radical (unpaired) electrons. The second-order valence-electron chi connectivity index (χ2n) is 4.28. The fraction of sp³-hybridized carbons (Fsp3) is 0.0714. The molecule has 5 nitrogen and oxygen atoms in total. The number of aryl methyl sites for hydroxylation is 1. The molecule has 0 aliphatic heterocycles. The van der Waals surface area contributed by atoms with E-state index in [1.54, 1.807) is 6.07 Å². The third kappa shape index (κ3) is 1.85. The smallest absolute Gasteiger partial charge is 0.356 e. The molecule has 0 unspecified atom stereocenters. The van der Waals surface area contributed by atoms with Gasteiger partial charge >= 0.3 is 5.97 Å². The van der Waals surface area contributed by atoms with Gasteiger partial charge in [0.25, 0.3) is 0 Å². The van der Waals surface area contributed by atoms with Gasteiger partial charge in [0, 0.05) is 29.7 Å². The molecule has 94 valence electrons. The lowest BCUT2D eigenvalue weighted by Crippen LogP contribution is -2.01. The van der Waals surface area contributed by atoms with E-state index in [0.717, 1.165) is 16.5 Å². The molecule has 3 aromatic rings. The molecule has 1 aromatic carbocycles. The number of hydrogen-bond acceptors (Lipinski definition) is 3. The van der Waals surface area contributed by atoms with Crippen LogP contribution in [0.2, 0.25) is 0 Å². The fourth-order valence-electron chi connectivity index (χ4n) is 2.14. The van der Waals surface area contributed by atoms with E-state index >= 15 is 0 Å². The van der Waals surface area contributed by atoms with Crippen LogP contribution < -0.4 is 0 Å². The Hall–Kier alpha value is -2.69. The Morgan fingerprint density at radius 2 is 1.95 bits per heavy atom. The predicted octanol–water partition coefficient (Wildman–Crippen LogP) is 2.33. The Morgan fingerprint density at radius 1 is 1.16 bits per heavy atom. The van der Waals surface area contributed by atoms with Crippen LogP contribution in [0, 0.1) is 0 Å². The van der Waals surface area contributed by atoms with E-state index in [1.807, 2.05) is 42.1 Å². The topological polar surface area (TPSA) is 68.0 Å². The first-order valence-corrected chi connectivity index (χ1v) is 5.78. The highest BCUT2D eigenvalue weighted by Gasteiger charge is 2.11. The molecule has 0 aliphatic rings. The molecular weight excluding hydrogens is 242 g/mol. The number of nitrogens with zero attached hydrogens (tertiary/aromatic N) is 3. The minimum atomic E-state index is -1.07. The standard InChI is InChI=1S/C14H11N3O2/c1-17-8-10(9-4-2-3-5-13(9)17)11-6-7-12(14(18)19)16-15-11/h2-8H,1H3,(H,18,19). The quantitative estimate of drug-likeness (QED) is 0.761. The van der Waals surface area contributed by atoms with Crippen molar-refractivity contribution in [1.82, 2.24) is 14.8 Å². The maximum atomic E-state index is 10.8. The summed E-state index contributed by atoms with van der Waals surface area (Å²) in [6, 6.07) is 11.1. The van der Waals surface area contributed by atoms with Crippen LogP contribution in [0.5, 0.6) is 0 Å². The van der Waals surface area contributed by atoms with Gasteiger partial charge in [-0.1, -0.05) is 18.2 Å². The highest BCUT2D eigenvalue weighted by molar-refractivity contribution is 5.95. The maximum Gasteiger partial charge on any atom is 0.356 e. The molecule has 1 N–H and O–H groups in total. The summed E-state index contributed by atoms with van der Waals surface area (Å²) in [6.45, 7) is 0. The summed E-state index contributed by atoms with van der Waals surface area (Å²) in [5.74, 6) is -1.07. The normalized spacial score (nSPS) is 10.8. The molecular formula is C14H11N3O2. The molecule has 0 aliphatic carbocycles. The van der Waals surface area contributed by atoms with Crippen molar-refractivity contribution in [2.75, 3.05) is 0 Å². The Morgan fingerprint density at radius 3 is 2.63 bits per heavy atom. The summed E-state index contributed by atoms with van der Waals surface area (Å²) in [4.78, 5) is 10.8. The van der Waals surface area contributed by atoms with Crippen LogP contribution in [0.25, 0.3) is 22.2 Å². The van der Waals surface area contributed by atoms with Gasteiger partial charge in [0.05, 0.1) is 5.69 Å². The van der Waals surface area contributed by atoms with Gasteiger partial charge in [-0.3, -0.25) is 0 Å². The van der Waals surface area contributed by atoms with Gasteiger partial charge in [-0.2, -0.15) is 0 Å². The van der Waals surface area contributed by atoms with Crippen molar-refractivity contribution < 1.29 is 9.90 Å². The molecule has 2 heterocycles. The Bertz CT molecular complexity index is 760. The van der Waals surface area contributed by atoms with Crippen LogP contribution >= 0.6 is 0 Å². The van der Waals surface area contributed by atoms with Crippen LogP contribution in [0.15, 0.2) is 42.6 Å². The first-order chi connectivity index (χ1) is 9.16. The van der Waals surface area contributed by atoms with Gasteiger partial charge < -0.3 is 9.67 Å². The highest BCUT2D eigenvalue weighted by Crippen LogP contribution is 2.28. The molecule has 0 atom stereocenters. The van der Waals surface area contributed by atoms with Crippen LogP contribution in [-0.2, 0) is 7.05 Å². The van der Waals surface area contributed by atoms with Crippen LogP contribution in [-0.4, -0.2) is 25.8 Å². The summed E-state index contributed by atoms with van der Waals surface area (Å²) in [5, 5.41) is 17.6. The second-order valence-corrected chi connectivity index (χ2v) is 4.28. The summed E-state index contributed by atoms with van der Waals surface area (Å²) < 4.78 is 2.01. The predicted molar refractivity (Wildman–Crippen MR) is 70.9 cm³/mol. The molecule has 0 spiro atoms. The molecule has 2 aromatic heterocycles. The van der Waals surface area contributed by atoms with Crippen molar-refractivity contribution in [1.29, 1.82) is 0 Å². The first-order valence-electron chi connectivity index (χ1n) is 5.78. The SMILES string of the molecule is Cn1cc(-c2ccc(C(=O)O)nn2)c2ccccc21. The average Bonchev–Trinajstić information content (AvgIpc) is 2.77. The van der Waals surface area contributed by atoms with E-state index in [4.69, 9.17) is 5.11 Å².